The average molecular weight is 150 g/mol. The molecule has 0 saturated heterocycles. The van der Waals surface area contributed by atoms with Crippen LogP contribution >= 0.6 is 0 Å². The van der Waals surface area contributed by atoms with Crippen LogP contribution in [0.4, 0.5) is 4.48 Å². The number of carbonyl (C=O) groups excluding carboxylic acids is 1. The first kappa shape index (κ1) is 8.80. The molecule has 0 unspecified atom stereocenters. The van der Waals surface area contributed by atoms with Crippen molar-refractivity contribution < 1.29 is 14.3 Å². The van der Waals surface area contributed by atoms with E-state index in [0.29, 0.717) is 6.42 Å². The van der Waals surface area contributed by atoms with Crippen LogP contribution in [0.25, 0.3) is 0 Å². The number of hydrogen-bond donors (Lipinski definition) is 0. The van der Waals surface area contributed by atoms with Gasteiger partial charge in [0.15, 0.2) is 5.03 Å². The molecular weight excluding hydrogens is 143 g/mol. The molecule has 0 spiro atoms. The molecule has 1 amide bonds. The highest BCUT2D eigenvalue weighted by Gasteiger charge is 2.22. The van der Waals surface area contributed by atoms with E-state index < -0.39 is 16.2 Å². The second-order valence-corrected chi connectivity index (χ2v) is 1.64. The van der Waals surface area contributed by atoms with E-state index in [1.165, 1.54) is 0 Å². The number of nitro groups is 1. The molecule has 0 rings (SSSR count). The lowest BCUT2D eigenvalue weighted by Gasteiger charge is -1.97. The average Bonchev–Trinajstić information content (AvgIpc) is 1.87. The van der Waals surface area contributed by atoms with Gasteiger partial charge in [0.05, 0.1) is 0 Å². The number of hydrogen-bond acceptors (Lipinski definition) is 3. The maximum Gasteiger partial charge on any atom is 0.321 e. The Morgan fingerprint density at radius 2 is 2.30 bits per heavy atom. The normalized spacial score (nSPS) is 9.00. The number of nitrogens with zero attached hydrogens (tertiary/aromatic N) is 2. The van der Waals surface area contributed by atoms with Crippen LogP contribution in [0, 0.1) is 10.1 Å². The van der Waals surface area contributed by atoms with Crippen LogP contribution in [0.2, 0.25) is 0 Å². The van der Waals surface area contributed by atoms with E-state index in [0.717, 1.165) is 0 Å². The molecule has 0 bridgehead atoms. The van der Waals surface area contributed by atoms with Gasteiger partial charge >= 0.3 is 5.91 Å². The van der Waals surface area contributed by atoms with Crippen molar-refractivity contribution in [3.05, 3.63) is 10.1 Å². The van der Waals surface area contributed by atoms with Gasteiger partial charge in [-0.2, -0.15) is 0 Å². The Morgan fingerprint density at radius 1 is 1.80 bits per heavy atom. The summed E-state index contributed by atoms with van der Waals surface area (Å²) >= 11 is 0. The van der Waals surface area contributed by atoms with Gasteiger partial charge in [-0.1, -0.05) is 6.92 Å². The van der Waals surface area contributed by atoms with Crippen LogP contribution in [0.3, 0.4) is 0 Å². The van der Waals surface area contributed by atoms with Gasteiger partial charge in [0.25, 0.3) is 0 Å². The van der Waals surface area contributed by atoms with E-state index in [9.17, 15) is 19.4 Å². The molecular formula is C4H7FN2O3. The van der Waals surface area contributed by atoms with E-state index in [4.69, 9.17) is 0 Å². The monoisotopic (exact) mass is 150 g/mol. The maximum absolute atomic E-state index is 11.9. The molecule has 0 N–H and O–H groups in total. The van der Waals surface area contributed by atoms with E-state index in [2.05, 4.69) is 0 Å². The lowest BCUT2D eigenvalue weighted by atomic mass is 10.3. The van der Waals surface area contributed by atoms with Crippen LogP contribution < -0.4 is 0 Å². The number of hydrazine groups is 1. The van der Waals surface area contributed by atoms with Crippen LogP contribution in [0.5, 0.6) is 0 Å². The molecule has 58 valence electrons. The minimum absolute atomic E-state index is 0.141. The van der Waals surface area contributed by atoms with Gasteiger partial charge in [-0.05, 0) is 10.9 Å². The molecule has 0 saturated carbocycles. The number of amides is 1. The predicted octanol–water partition coefficient (Wildman–Crippen LogP) is 0.691. The van der Waals surface area contributed by atoms with Crippen LogP contribution in [-0.2, 0) is 4.79 Å². The smallest absolute Gasteiger partial charge is 0.265 e. The highest BCUT2D eigenvalue weighted by atomic mass is 19.2. The molecule has 10 heavy (non-hydrogen) atoms. The van der Waals surface area contributed by atoms with Gasteiger partial charge in [-0.25, -0.2) is 10.1 Å². The predicted molar refractivity (Wildman–Crippen MR) is 29.9 cm³/mol. The van der Waals surface area contributed by atoms with Crippen molar-refractivity contribution >= 4 is 5.91 Å². The van der Waals surface area contributed by atoms with Crippen LogP contribution in [0.15, 0.2) is 0 Å². The van der Waals surface area contributed by atoms with Crippen molar-refractivity contribution in [2.45, 2.75) is 19.8 Å². The zero-order valence-corrected chi connectivity index (χ0v) is 5.41. The summed E-state index contributed by atoms with van der Waals surface area (Å²) in [5.41, 5.74) is 0. The lowest BCUT2D eigenvalue weighted by molar-refractivity contribution is -0.682. The Labute approximate surface area is 56.5 Å². The molecule has 0 radical (unpaired) electrons. The third kappa shape index (κ3) is 2.38. The van der Waals surface area contributed by atoms with Crippen molar-refractivity contribution in [3.8, 4) is 0 Å². The molecule has 0 aliphatic carbocycles. The summed E-state index contributed by atoms with van der Waals surface area (Å²) in [6.45, 7) is 1.63. The minimum Gasteiger partial charge on any atom is -0.265 e. The summed E-state index contributed by atoms with van der Waals surface area (Å²) in [6, 6.07) is 0. The molecule has 0 fully saturated rings. The molecule has 0 aromatic rings. The maximum atomic E-state index is 11.9. The molecule has 0 aromatic heterocycles. The van der Waals surface area contributed by atoms with E-state index in [1.807, 2.05) is 0 Å². The van der Waals surface area contributed by atoms with Crippen molar-refractivity contribution in [1.29, 1.82) is 0 Å². The van der Waals surface area contributed by atoms with Gasteiger partial charge in [0.2, 0.25) is 0 Å². The van der Waals surface area contributed by atoms with Crippen molar-refractivity contribution in [2.24, 2.45) is 0 Å². The molecule has 0 aliphatic rings. The van der Waals surface area contributed by atoms with Crippen molar-refractivity contribution in [3.63, 3.8) is 0 Å². The van der Waals surface area contributed by atoms with Gasteiger partial charge in [0.1, 0.15) is 5.23 Å². The molecule has 0 heterocycles. The quantitative estimate of drug-likeness (QED) is 0.337. The van der Waals surface area contributed by atoms with E-state index in [-0.39, 0.29) is 6.42 Å². The first-order valence-electron chi connectivity index (χ1n) is 2.72. The Bertz CT molecular complexity index is 149. The van der Waals surface area contributed by atoms with E-state index >= 15 is 0 Å². The van der Waals surface area contributed by atoms with Gasteiger partial charge in [-0.3, -0.25) is 4.79 Å². The fourth-order valence-electron chi connectivity index (χ4n) is 0.397. The Kier molecular flexibility index (Phi) is 3.30. The number of rotatable bonds is 3. The highest BCUT2D eigenvalue weighted by molar-refractivity contribution is 5.73. The topological polar surface area (TPSA) is 63.5 Å². The second-order valence-electron chi connectivity index (χ2n) is 1.64. The second kappa shape index (κ2) is 3.76. The van der Waals surface area contributed by atoms with Crippen LogP contribution in [0.1, 0.15) is 19.8 Å². The summed E-state index contributed by atoms with van der Waals surface area (Å²) in [5.74, 6) is -1.12. The molecule has 6 heteroatoms. The van der Waals surface area contributed by atoms with Gasteiger partial charge in [0, 0.05) is 6.42 Å². The zero-order chi connectivity index (χ0) is 8.15. The van der Waals surface area contributed by atoms with Crippen LogP contribution in [-0.4, -0.2) is 16.2 Å². The largest absolute Gasteiger partial charge is 0.321 e. The third-order valence-corrected chi connectivity index (χ3v) is 0.813. The highest BCUT2D eigenvalue weighted by Crippen LogP contribution is 1.97. The zero-order valence-electron chi connectivity index (χ0n) is 5.41. The minimum atomic E-state index is -1.39. The summed E-state index contributed by atoms with van der Waals surface area (Å²) in [6.07, 6.45) is 0.255. The Morgan fingerprint density at radius 3 is 2.60 bits per heavy atom. The molecule has 0 atom stereocenters. The number of halogens is 1. The molecule has 5 nitrogen and oxygen atoms in total. The van der Waals surface area contributed by atoms with Gasteiger partial charge in [-0.15, -0.1) is 0 Å². The summed E-state index contributed by atoms with van der Waals surface area (Å²) in [7, 11) is 0. The van der Waals surface area contributed by atoms with Crippen molar-refractivity contribution in [1.82, 2.24) is 5.23 Å². The summed E-state index contributed by atoms with van der Waals surface area (Å²) in [4.78, 5) is 19.8. The standard InChI is InChI=1S/C4H7FN2O3/c1-2-3-4(8)6(5)7(9)10/h2-3H2,1H3. The third-order valence-electron chi connectivity index (χ3n) is 0.813. The van der Waals surface area contributed by atoms with Crippen molar-refractivity contribution in [2.75, 3.05) is 0 Å². The first-order valence-corrected chi connectivity index (χ1v) is 2.72. The molecule has 0 aromatic carbocycles. The van der Waals surface area contributed by atoms with Gasteiger partial charge < -0.3 is 0 Å². The Hall–Kier alpha value is -1.20. The summed E-state index contributed by atoms with van der Waals surface area (Å²) in [5, 5.41) is 7.16. The fourth-order valence-corrected chi connectivity index (χ4v) is 0.397. The number of carbonyl (C=O) groups is 1. The van der Waals surface area contributed by atoms with E-state index in [1.54, 1.807) is 6.92 Å². The fraction of sp³-hybridized carbons (Fsp3) is 0.750. The lowest BCUT2D eigenvalue weighted by Crippen LogP contribution is -2.27. The Balaban J connectivity index is 3.82. The molecule has 0 aliphatic heterocycles. The summed E-state index contributed by atoms with van der Waals surface area (Å²) < 4.78 is 11.9. The first-order chi connectivity index (χ1) is 4.59. The SMILES string of the molecule is CCCC(=O)N(F)[N+](=O)[O-].